The number of aliphatic imine (C=N–C) groups is 1. The lowest BCUT2D eigenvalue weighted by Crippen LogP contribution is -2.28. The van der Waals surface area contributed by atoms with Crippen molar-refractivity contribution in [2.75, 3.05) is 5.75 Å². The van der Waals surface area contributed by atoms with E-state index in [9.17, 15) is 0 Å². The molecule has 0 saturated heterocycles. The van der Waals surface area contributed by atoms with Crippen LogP contribution >= 0.6 is 11.8 Å². The molecule has 20 heavy (non-hydrogen) atoms. The fourth-order valence-corrected chi connectivity index (χ4v) is 3.35. The molecule has 3 rings (SSSR count). The molecule has 2 aromatic rings. The summed E-state index contributed by atoms with van der Waals surface area (Å²) in [5.41, 5.74) is 8.96. The van der Waals surface area contributed by atoms with Crippen LogP contribution in [0, 0.1) is 0 Å². The van der Waals surface area contributed by atoms with Crippen LogP contribution in [-0.4, -0.2) is 20.9 Å². The first-order chi connectivity index (χ1) is 9.67. The van der Waals surface area contributed by atoms with Crippen molar-refractivity contribution in [1.82, 2.24) is 9.97 Å². The monoisotopic (exact) mass is 284 g/mol. The van der Waals surface area contributed by atoms with Crippen molar-refractivity contribution in [3.8, 4) is 11.1 Å². The van der Waals surface area contributed by atoms with Gasteiger partial charge in [0.2, 0.25) is 0 Å². The van der Waals surface area contributed by atoms with Gasteiger partial charge in [0.1, 0.15) is 6.33 Å². The van der Waals surface area contributed by atoms with Gasteiger partial charge in [-0.25, -0.2) is 9.97 Å². The van der Waals surface area contributed by atoms with E-state index < -0.39 is 0 Å². The maximum Gasteiger partial charge on any atom is 0.154 e. The van der Waals surface area contributed by atoms with Crippen LogP contribution in [0.3, 0.4) is 0 Å². The number of thioether (sulfide) groups is 1. The fourth-order valence-electron chi connectivity index (χ4n) is 2.38. The number of nitrogens with zero attached hydrogens (tertiary/aromatic N) is 3. The van der Waals surface area contributed by atoms with Crippen LogP contribution in [-0.2, 0) is 5.54 Å². The Labute approximate surface area is 122 Å². The van der Waals surface area contributed by atoms with Crippen LogP contribution in [0.4, 0.5) is 0 Å². The topological polar surface area (TPSA) is 64.2 Å². The van der Waals surface area contributed by atoms with Crippen LogP contribution < -0.4 is 5.73 Å². The van der Waals surface area contributed by atoms with Gasteiger partial charge < -0.3 is 5.73 Å². The maximum atomic E-state index is 5.89. The molecule has 0 amide bonds. The highest BCUT2D eigenvalue weighted by molar-refractivity contribution is 8.13. The number of hydrogen-bond donors (Lipinski definition) is 1. The Bertz CT molecular complexity index is 641. The van der Waals surface area contributed by atoms with Crippen molar-refractivity contribution in [3.05, 3.63) is 48.5 Å². The van der Waals surface area contributed by atoms with Crippen molar-refractivity contribution in [2.24, 2.45) is 10.7 Å². The Morgan fingerprint density at radius 3 is 2.75 bits per heavy atom. The molecule has 1 aromatic heterocycles. The van der Waals surface area contributed by atoms with Crippen LogP contribution in [0.5, 0.6) is 0 Å². The molecule has 0 radical (unpaired) electrons. The van der Waals surface area contributed by atoms with Crippen LogP contribution in [0.15, 0.2) is 48.0 Å². The highest BCUT2D eigenvalue weighted by atomic mass is 32.2. The Kier molecular flexibility index (Phi) is 3.44. The summed E-state index contributed by atoms with van der Waals surface area (Å²) in [5.74, 6) is 1.00. The normalized spacial score (nSPS) is 22.4. The van der Waals surface area contributed by atoms with E-state index in [0.717, 1.165) is 23.3 Å². The molecule has 1 aromatic carbocycles. The van der Waals surface area contributed by atoms with Crippen molar-refractivity contribution in [3.63, 3.8) is 0 Å². The van der Waals surface area contributed by atoms with Crippen molar-refractivity contribution >= 4 is 16.9 Å². The second-order valence-electron chi connectivity index (χ2n) is 5.03. The third kappa shape index (κ3) is 2.54. The van der Waals surface area contributed by atoms with E-state index in [2.05, 4.69) is 46.1 Å². The van der Waals surface area contributed by atoms with Crippen molar-refractivity contribution in [2.45, 2.75) is 18.9 Å². The summed E-state index contributed by atoms with van der Waals surface area (Å²) in [5, 5.41) is 0.673. The Hall–Kier alpha value is -1.88. The van der Waals surface area contributed by atoms with Gasteiger partial charge in [-0.15, -0.1) is 0 Å². The molecule has 0 fully saturated rings. The minimum Gasteiger partial charge on any atom is -0.379 e. The first-order valence-electron chi connectivity index (χ1n) is 6.51. The molecule has 0 spiro atoms. The van der Waals surface area contributed by atoms with Crippen molar-refractivity contribution in [1.29, 1.82) is 0 Å². The van der Waals surface area contributed by atoms with E-state index in [4.69, 9.17) is 5.73 Å². The molecule has 1 aliphatic rings. The third-order valence-corrected chi connectivity index (χ3v) is 4.37. The Morgan fingerprint density at radius 2 is 2.00 bits per heavy atom. The van der Waals surface area contributed by atoms with E-state index >= 15 is 0 Å². The third-order valence-electron chi connectivity index (χ3n) is 3.57. The molecule has 0 bridgehead atoms. The summed E-state index contributed by atoms with van der Waals surface area (Å²) in [6.45, 7) is 2.14. The first-order valence-corrected chi connectivity index (χ1v) is 7.50. The summed E-state index contributed by atoms with van der Waals surface area (Å²) in [6.07, 6.45) is 6.18. The number of hydrogen-bond acceptors (Lipinski definition) is 5. The second kappa shape index (κ2) is 5.25. The SMILES string of the molecule is C[C@@]1(c2cccc(-c3cncnc3)c2)CCSC(N)=N1. The zero-order valence-corrected chi connectivity index (χ0v) is 12.1. The van der Waals surface area contributed by atoms with Gasteiger partial charge in [-0.2, -0.15) is 0 Å². The van der Waals surface area contributed by atoms with Crippen LogP contribution in [0.2, 0.25) is 0 Å². The van der Waals surface area contributed by atoms with Gasteiger partial charge in [-0.1, -0.05) is 30.0 Å². The van der Waals surface area contributed by atoms with Gasteiger partial charge in [-0.05, 0) is 30.5 Å². The van der Waals surface area contributed by atoms with E-state index in [0.29, 0.717) is 5.17 Å². The fraction of sp³-hybridized carbons (Fsp3) is 0.267. The second-order valence-corrected chi connectivity index (χ2v) is 6.15. The zero-order valence-electron chi connectivity index (χ0n) is 11.3. The first kappa shape index (κ1) is 13.1. The highest BCUT2D eigenvalue weighted by Crippen LogP contribution is 2.36. The predicted octanol–water partition coefficient (Wildman–Crippen LogP) is 2.81. The van der Waals surface area contributed by atoms with Gasteiger partial charge >= 0.3 is 0 Å². The van der Waals surface area contributed by atoms with Gasteiger partial charge in [0, 0.05) is 23.7 Å². The molecular formula is C15H16N4S. The standard InChI is InChI=1S/C15H16N4S/c1-15(5-6-20-14(16)19-15)13-4-2-3-11(7-13)12-8-17-10-18-9-12/h2-4,7-10H,5-6H2,1H3,(H2,16,19)/t15-/m0/s1. The van der Waals surface area contributed by atoms with E-state index in [1.807, 2.05) is 12.4 Å². The minimum absolute atomic E-state index is 0.235. The van der Waals surface area contributed by atoms with E-state index in [1.165, 1.54) is 11.9 Å². The van der Waals surface area contributed by atoms with Gasteiger partial charge in [0.05, 0.1) is 5.54 Å². The Balaban J connectivity index is 2.02. The average Bonchev–Trinajstić information content (AvgIpc) is 2.48. The summed E-state index contributed by atoms with van der Waals surface area (Å²) < 4.78 is 0. The molecule has 0 unspecified atom stereocenters. The summed E-state index contributed by atoms with van der Waals surface area (Å²) >= 11 is 1.62. The Morgan fingerprint density at radius 1 is 1.20 bits per heavy atom. The van der Waals surface area contributed by atoms with E-state index in [-0.39, 0.29) is 5.54 Å². The maximum absolute atomic E-state index is 5.89. The van der Waals surface area contributed by atoms with Crippen molar-refractivity contribution < 1.29 is 0 Å². The molecule has 4 nitrogen and oxygen atoms in total. The van der Waals surface area contributed by atoms with Crippen LogP contribution in [0.1, 0.15) is 18.9 Å². The smallest absolute Gasteiger partial charge is 0.154 e. The lowest BCUT2D eigenvalue weighted by molar-refractivity contribution is 0.482. The number of aromatic nitrogens is 2. The molecule has 0 saturated carbocycles. The molecule has 0 aliphatic carbocycles. The number of amidine groups is 1. The minimum atomic E-state index is -0.235. The average molecular weight is 284 g/mol. The van der Waals surface area contributed by atoms with Gasteiger partial charge in [0.15, 0.2) is 5.17 Å². The summed E-state index contributed by atoms with van der Waals surface area (Å²) in [7, 11) is 0. The molecular weight excluding hydrogens is 268 g/mol. The lowest BCUT2D eigenvalue weighted by Gasteiger charge is -2.30. The number of rotatable bonds is 2. The quantitative estimate of drug-likeness (QED) is 0.921. The number of nitrogens with two attached hydrogens (primary N) is 1. The van der Waals surface area contributed by atoms with Crippen LogP contribution in [0.25, 0.3) is 11.1 Å². The lowest BCUT2D eigenvalue weighted by atomic mass is 9.88. The summed E-state index contributed by atoms with van der Waals surface area (Å²) in [4.78, 5) is 12.8. The highest BCUT2D eigenvalue weighted by Gasteiger charge is 2.29. The summed E-state index contributed by atoms with van der Waals surface area (Å²) in [6, 6.07) is 8.39. The largest absolute Gasteiger partial charge is 0.379 e. The molecule has 2 heterocycles. The van der Waals surface area contributed by atoms with E-state index in [1.54, 1.807) is 11.8 Å². The zero-order chi connectivity index (χ0) is 14.0. The molecule has 5 heteroatoms. The molecule has 102 valence electrons. The molecule has 1 aliphatic heterocycles. The molecule has 1 atom stereocenters. The van der Waals surface area contributed by atoms with Gasteiger partial charge in [-0.3, -0.25) is 4.99 Å². The molecule has 2 N–H and O–H groups in total. The predicted molar refractivity (Wildman–Crippen MR) is 83.5 cm³/mol. The number of benzene rings is 1. The van der Waals surface area contributed by atoms with Gasteiger partial charge in [0.25, 0.3) is 0 Å².